The zero-order valence-corrected chi connectivity index (χ0v) is 20.2. The number of aryl methyl sites for hydroxylation is 2. The Morgan fingerprint density at radius 3 is 2.66 bits per heavy atom. The highest BCUT2D eigenvalue weighted by molar-refractivity contribution is 5.87. The quantitative estimate of drug-likeness (QED) is 0.388. The van der Waals surface area contributed by atoms with Crippen LogP contribution in [0.2, 0.25) is 0 Å². The van der Waals surface area contributed by atoms with Crippen molar-refractivity contribution in [3.8, 4) is 22.6 Å². The van der Waals surface area contributed by atoms with E-state index in [-0.39, 0.29) is 0 Å². The van der Waals surface area contributed by atoms with Crippen molar-refractivity contribution < 1.29 is 0 Å². The van der Waals surface area contributed by atoms with Crippen molar-refractivity contribution in [2.75, 3.05) is 5.73 Å². The maximum Gasteiger partial charge on any atom is 0.147 e. The minimum absolute atomic E-state index is 0.357. The number of hydrogen-bond acceptors (Lipinski definition) is 8. The molecule has 3 N–H and O–H groups in total. The van der Waals surface area contributed by atoms with Crippen LogP contribution in [-0.4, -0.2) is 34.9 Å². The van der Waals surface area contributed by atoms with Crippen LogP contribution in [-0.2, 0) is 19.1 Å². The summed E-state index contributed by atoms with van der Waals surface area (Å²) in [6, 6.07) is 13.9. The molecule has 0 amide bonds. The van der Waals surface area contributed by atoms with E-state index in [1.54, 1.807) is 17.1 Å². The molecule has 5 rings (SSSR count). The summed E-state index contributed by atoms with van der Waals surface area (Å²) in [5.74, 6) is 0.357. The van der Waals surface area contributed by atoms with E-state index in [9.17, 15) is 0 Å². The van der Waals surface area contributed by atoms with Crippen molar-refractivity contribution in [2.45, 2.75) is 32.9 Å². The molecule has 4 aromatic heterocycles. The van der Waals surface area contributed by atoms with Crippen LogP contribution in [0.15, 0.2) is 61.1 Å². The molecule has 0 unspecified atom stereocenters. The number of nitrogens with two attached hydrogens (primary N) is 1. The van der Waals surface area contributed by atoms with Crippen LogP contribution < -0.4 is 11.1 Å². The predicted octanol–water partition coefficient (Wildman–Crippen LogP) is 3.80. The van der Waals surface area contributed by atoms with Gasteiger partial charge in [-0.3, -0.25) is 9.67 Å². The van der Waals surface area contributed by atoms with E-state index in [1.807, 2.05) is 56.6 Å². The Kier molecular flexibility index (Phi) is 5.70. The summed E-state index contributed by atoms with van der Waals surface area (Å²) in [4.78, 5) is 14.2. The van der Waals surface area contributed by atoms with Crippen LogP contribution in [0.25, 0.3) is 33.5 Å². The van der Waals surface area contributed by atoms with Gasteiger partial charge < -0.3 is 11.1 Å². The number of anilines is 1. The van der Waals surface area contributed by atoms with Crippen molar-refractivity contribution in [2.24, 2.45) is 7.05 Å². The van der Waals surface area contributed by atoms with Gasteiger partial charge in [0, 0.05) is 43.1 Å². The van der Waals surface area contributed by atoms with Gasteiger partial charge in [-0.1, -0.05) is 12.1 Å². The molecule has 0 fully saturated rings. The first-order valence-corrected chi connectivity index (χ1v) is 11.4. The lowest BCUT2D eigenvalue weighted by molar-refractivity contribution is 0.382. The number of nitrogens with one attached hydrogen (secondary N) is 1. The van der Waals surface area contributed by atoms with Gasteiger partial charge in [0.2, 0.25) is 0 Å². The van der Waals surface area contributed by atoms with Gasteiger partial charge in [-0.15, -0.1) is 0 Å². The molecule has 0 spiro atoms. The number of hydrogen-bond donors (Lipinski definition) is 2. The predicted molar refractivity (Wildman–Crippen MR) is 136 cm³/mol. The average Bonchev–Trinajstić information content (AvgIpc) is 3.29. The molecule has 0 atom stereocenters. The fourth-order valence-electron chi connectivity index (χ4n) is 4.16. The third-order valence-electron chi connectivity index (χ3n) is 6.04. The molecule has 0 aliphatic heterocycles. The molecule has 5 aromatic rings. The van der Waals surface area contributed by atoms with E-state index in [4.69, 9.17) is 15.7 Å². The van der Waals surface area contributed by atoms with E-state index in [0.717, 1.165) is 27.7 Å². The second-order valence-electron chi connectivity index (χ2n) is 9.08. The Bertz CT molecular complexity index is 1520. The normalized spacial score (nSPS) is 11.8. The topological polar surface area (TPSA) is 120 Å². The minimum atomic E-state index is -0.444. The molecule has 0 radical (unpaired) electrons. The summed E-state index contributed by atoms with van der Waals surface area (Å²) in [5.41, 5.74) is 12.5. The summed E-state index contributed by atoms with van der Waals surface area (Å²) in [5, 5.41) is 17.5. The first-order chi connectivity index (χ1) is 16.8. The van der Waals surface area contributed by atoms with Crippen molar-refractivity contribution in [1.29, 1.82) is 0 Å². The van der Waals surface area contributed by atoms with E-state index in [2.05, 4.69) is 45.5 Å². The Morgan fingerprint density at radius 2 is 1.89 bits per heavy atom. The van der Waals surface area contributed by atoms with E-state index in [1.165, 1.54) is 0 Å². The number of pyridine rings is 1. The molecular weight excluding hydrogens is 438 g/mol. The smallest absolute Gasteiger partial charge is 0.147 e. The highest BCUT2D eigenvalue weighted by atomic mass is 15.3. The molecule has 4 heterocycles. The number of nitrogens with zero attached hydrogens (tertiary/aromatic N) is 7. The Labute approximate surface area is 203 Å². The highest BCUT2D eigenvalue weighted by Crippen LogP contribution is 2.32. The van der Waals surface area contributed by atoms with Crippen molar-refractivity contribution in [1.82, 2.24) is 40.2 Å². The molecule has 0 bridgehead atoms. The second kappa shape index (κ2) is 8.84. The third-order valence-corrected chi connectivity index (χ3v) is 6.04. The van der Waals surface area contributed by atoms with Gasteiger partial charge >= 0.3 is 0 Å². The van der Waals surface area contributed by atoms with Gasteiger partial charge in [0.1, 0.15) is 17.2 Å². The molecule has 1 aromatic carbocycles. The van der Waals surface area contributed by atoms with Crippen LogP contribution in [0, 0.1) is 6.92 Å². The molecule has 176 valence electrons. The lowest BCUT2D eigenvalue weighted by Crippen LogP contribution is -2.38. The van der Waals surface area contributed by atoms with Crippen LogP contribution in [0.3, 0.4) is 0 Å². The van der Waals surface area contributed by atoms with Crippen molar-refractivity contribution >= 4 is 16.7 Å². The summed E-state index contributed by atoms with van der Waals surface area (Å²) in [6.45, 7) is 6.56. The fraction of sp³-hybridized carbons (Fsp3) is 0.231. The minimum Gasteiger partial charge on any atom is -0.382 e. The monoisotopic (exact) mass is 465 g/mol. The first-order valence-electron chi connectivity index (χ1n) is 11.4. The summed E-state index contributed by atoms with van der Waals surface area (Å²) in [7, 11) is 1.87. The van der Waals surface area contributed by atoms with Gasteiger partial charge in [0.05, 0.1) is 28.1 Å². The van der Waals surface area contributed by atoms with E-state index >= 15 is 0 Å². The van der Waals surface area contributed by atoms with Crippen molar-refractivity contribution in [3.63, 3.8) is 0 Å². The molecule has 9 heteroatoms. The number of rotatable bonds is 6. The summed E-state index contributed by atoms with van der Waals surface area (Å²) in [6.07, 6.45) is 5.36. The fourth-order valence-corrected chi connectivity index (χ4v) is 4.16. The molecule has 35 heavy (non-hydrogen) atoms. The van der Waals surface area contributed by atoms with Crippen molar-refractivity contribution in [3.05, 3.63) is 78.0 Å². The van der Waals surface area contributed by atoms with E-state index in [0.29, 0.717) is 35.1 Å². The summed E-state index contributed by atoms with van der Waals surface area (Å²) < 4.78 is 1.74. The Hall–Kier alpha value is -4.24. The lowest BCUT2D eigenvalue weighted by atomic mass is 9.96. The molecule has 0 aliphatic rings. The van der Waals surface area contributed by atoms with E-state index < -0.39 is 5.54 Å². The van der Waals surface area contributed by atoms with Gasteiger partial charge in [-0.2, -0.15) is 15.3 Å². The third kappa shape index (κ3) is 4.45. The SMILES string of the molecule is Cc1ccnnc1C(C)(C)NCc1nc(-c2ccc3ncccc3c2)c(-c2ccn(C)n2)nc1N. The number of fused-ring (bicyclic) bond motifs is 1. The molecule has 0 saturated carbocycles. The first kappa shape index (κ1) is 22.5. The van der Waals surface area contributed by atoms with Crippen LogP contribution in [0.1, 0.15) is 30.8 Å². The lowest BCUT2D eigenvalue weighted by Gasteiger charge is -2.27. The number of nitrogen functional groups attached to an aromatic ring is 1. The van der Waals surface area contributed by atoms with Gasteiger partial charge in [0.15, 0.2) is 0 Å². The van der Waals surface area contributed by atoms with Gasteiger partial charge in [0.25, 0.3) is 0 Å². The molecule has 0 saturated heterocycles. The molecule has 0 aliphatic carbocycles. The second-order valence-corrected chi connectivity index (χ2v) is 9.08. The molecular formula is C26H27N9. The van der Waals surface area contributed by atoms with Gasteiger partial charge in [-0.25, -0.2) is 9.97 Å². The number of aromatic nitrogens is 7. The zero-order valence-electron chi connectivity index (χ0n) is 20.2. The van der Waals surface area contributed by atoms with Crippen LogP contribution >= 0.6 is 0 Å². The maximum atomic E-state index is 6.41. The number of benzene rings is 1. The van der Waals surface area contributed by atoms with Crippen LogP contribution in [0.5, 0.6) is 0 Å². The van der Waals surface area contributed by atoms with Gasteiger partial charge in [-0.05, 0) is 56.7 Å². The zero-order chi connectivity index (χ0) is 24.6. The van der Waals surface area contributed by atoms with Crippen LogP contribution in [0.4, 0.5) is 5.82 Å². The standard InChI is InChI=1S/C26H27N9/c1-16-9-12-30-33-24(16)26(2,3)29-15-21-25(27)32-23(20-10-13-35(4)34-20)22(31-21)18-7-8-19-17(14-18)6-5-11-28-19/h5-14,29H,15H2,1-4H3,(H2,27,32). The highest BCUT2D eigenvalue weighted by Gasteiger charge is 2.25. The maximum absolute atomic E-state index is 6.41. The Morgan fingerprint density at radius 1 is 1.03 bits per heavy atom. The largest absolute Gasteiger partial charge is 0.382 e. The molecule has 9 nitrogen and oxygen atoms in total. The average molecular weight is 466 g/mol. The Balaban J connectivity index is 1.57. The summed E-state index contributed by atoms with van der Waals surface area (Å²) >= 11 is 0.